The highest BCUT2D eigenvalue weighted by Crippen LogP contribution is 2.27. The molecule has 96 valence electrons. The van der Waals surface area contributed by atoms with E-state index < -0.39 is 0 Å². The average molecular weight is 264 g/mol. The molecule has 0 saturated carbocycles. The van der Waals surface area contributed by atoms with E-state index in [1.165, 1.54) is 0 Å². The van der Waals surface area contributed by atoms with Gasteiger partial charge < -0.3 is 10.2 Å². The molecule has 1 aliphatic rings. The number of nitrogens with one attached hydrogen (secondary N) is 1. The van der Waals surface area contributed by atoms with Crippen molar-refractivity contribution in [1.29, 1.82) is 0 Å². The van der Waals surface area contributed by atoms with Crippen LogP contribution in [0, 0.1) is 0 Å². The summed E-state index contributed by atoms with van der Waals surface area (Å²) in [5.74, 6) is 0.268. The molecule has 0 fully saturated rings. The molecule has 2 rings (SSSR count). The highest BCUT2D eigenvalue weighted by atomic mass is 32.1. The quantitative estimate of drug-likeness (QED) is 0.804. The van der Waals surface area contributed by atoms with Gasteiger partial charge >= 0.3 is 0 Å². The monoisotopic (exact) mass is 264 g/mol. The molecule has 5 heteroatoms. The number of nitrogens with zero attached hydrogens (tertiary/aromatic N) is 1. The summed E-state index contributed by atoms with van der Waals surface area (Å²) in [5.41, 5.74) is 3.18. The first-order chi connectivity index (χ1) is 8.61. The summed E-state index contributed by atoms with van der Waals surface area (Å²) in [6, 6.07) is 5.93. The molecule has 1 aromatic carbocycles. The minimum atomic E-state index is -0.0802. The van der Waals surface area contributed by atoms with Crippen molar-refractivity contribution in [2.24, 2.45) is 0 Å². The van der Waals surface area contributed by atoms with E-state index in [4.69, 9.17) is 0 Å². The van der Waals surface area contributed by atoms with Gasteiger partial charge in [0.25, 0.3) is 0 Å². The fraction of sp³-hybridized carbons (Fsp3) is 0.385. The fourth-order valence-electron chi connectivity index (χ4n) is 2.08. The number of hydrogen-bond acceptors (Lipinski definition) is 3. The number of fused-ring (bicyclic) bond motifs is 1. The molecule has 0 atom stereocenters. The zero-order valence-electron chi connectivity index (χ0n) is 10.3. The molecule has 1 heterocycles. The number of hydrogen-bond donors (Lipinski definition) is 2. The minimum Gasteiger partial charge on any atom is -0.351 e. The van der Waals surface area contributed by atoms with E-state index in [0.29, 0.717) is 13.0 Å². The van der Waals surface area contributed by atoms with Crippen LogP contribution in [0.3, 0.4) is 0 Å². The minimum absolute atomic E-state index is 0.0802. The Balaban J connectivity index is 2.13. The lowest BCUT2D eigenvalue weighted by Crippen LogP contribution is -2.31. The Morgan fingerprint density at radius 2 is 2.22 bits per heavy atom. The molecule has 0 spiro atoms. The van der Waals surface area contributed by atoms with Crippen LogP contribution in [-0.2, 0) is 22.6 Å². The topological polar surface area (TPSA) is 49.4 Å². The lowest BCUT2D eigenvalue weighted by molar-refractivity contribution is -0.119. The maximum absolute atomic E-state index is 11.6. The van der Waals surface area contributed by atoms with E-state index in [2.05, 4.69) is 24.0 Å². The first kappa shape index (κ1) is 13.0. The SMILES string of the molecule is CN1C(=O)CCc2cc(CNC(=O)CS)ccc21. The fourth-order valence-corrected chi connectivity index (χ4v) is 2.19. The summed E-state index contributed by atoms with van der Waals surface area (Å²) < 4.78 is 0. The number of carbonyl (C=O) groups is 2. The number of carbonyl (C=O) groups excluding carboxylic acids is 2. The van der Waals surface area contributed by atoms with Gasteiger partial charge in [0.15, 0.2) is 0 Å². The highest BCUT2D eigenvalue weighted by Gasteiger charge is 2.20. The van der Waals surface area contributed by atoms with Gasteiger partial charge in [0, 0.05) is 25.7 Å². The van der Waals surface area contributed by atoms with Gasteiger partial charge in [-0.1, -0.05) is 12.1 Å². The molecule has 18 heavy (non-hydrogen) atoms. The number of amides is 2. The second-order valence-corrected chi connectivity index (χ2v) is 4.67. The van der Waals surface area contributed by atoms with Crippen LogP contribution in [0.4, 0.5) is 5.69 Å². The van der Waals surface area contributed by atoms with Crippen molar-refractivity contribution >= 4 is 30.1 Å². The molecule has 1 aromatic rings. The summed E-state index contributed by atoms with van der Waals surface area (Å²) in [6.07, 6.45) is 1.32. The number of benzene rings is 1. The molecule has 0 bridgehead atoms. The Kier molecular flexibility index (Phi) is 3.91. The lowest BCUT2D eigenvalue weighted by atomic mass is 9.99. The maximum atomic E-state index is 11.6. The van der Waals surface area contributed by atoms with Crippen molar-refractivity contribution < 1.29 is 9.59 Å². The van der Waals surface area contributed by atoms with Gasteiger partial charge in [-0.15, -0.1) is 0 Å². The van der Waals surface area contributed by atoms with Gasteiger partial charge in [0.05, 0.1) is 5.75 Å². The standard InChI is InChI=1S/C13H16N2O2S/c1-15-11-4-2-9(7-14-12(16)8-18)6-10(11)3-5-13(15)17/h2,4,6,18H,3,5,7-8H2,1H3,(H,14,16). The van der Waals surface area contributed by atoms with Gasteiger partial charge in [-0.05, 0) is 23.6 Å². The van der Waals surface area contributed by atoms with Crippen LogP contribution in [0.25, 0.3) is 0 Å². The van der Waals surface area contributed by atoms with Gasteiger partial charge in [-0.2, -0.15) is 12.6 Å². The molecule has 1 aliphatic heterocycles. The third-order valence-corrected chi connectivity index (χ3v) is 3.41. The van der Waals surface area contributed by atoms with E-state index in [1.54, 1.807) is 11.9 Å². The smallest absolute Gasteiger partial charge is 0.229 e. The van der Waals surface area contributed by atoms with Gasteiger partial charge in [-0.25, -0.2) is 0 Å². The average Bonchev–Trinajstić information content (AvgIpc) is 2.40. The second-order valence-electron chi connectivity index (χ2n) is 4.35. The summed E-state index contributed by atoms with van der Waals surface area (Å²) in [4.78, 5) is 24.4. The van der Waals surface area contributed by atoms with Crippen LogP contribution in [0.1, 0.15) is 17.5 Å². The third-order valence-electron chi connectivity index (χ3n) is 3.12. The molecule has 4 nitrogen and oxygen atoms in total. The third kappa shape index (κ3) is 2.67. The molecule has 0 radical (unpaired) electrons. The maximum Gasteiger partial charge on any atom is 0.229 e. The Bertz CT molecular complexity index is 488. The van der Waals surface area contributed by atoms with E-state index >= 15 is 0 Å². The van der Waals surface area contributed by atoms with Crippen molar-refractivity contribution in [3.8, 4) is 0 Å². The molecular weight excluding hydrogens is 248 g/mol. The van der Waals surface area contributed by atoms with Gasteiger partial charge in [0.2, 0.25) is 11.8 Å². The number of thiol groups is 1. The van der Waals surface area contributed by atoms with Gasteiger partial charge in [-0.3, -0.25) is 9.59 Å². The predicted octanol–water partition coefficient (Wildman–Crippen LogP) is 1.14. The largest absolute Gasteiger partial charge is 0.351 e. The Morgan fingerprint density at radius 1 is 1.44 bits per heavy atom. The zero-order chi connectivity index (χ0) is 13.1. The molecule has 0 aliphatic carbocycles. The number of anilines is 1. The normalized spacial score (nSPS) is 14.3. The molecule has 0 saturated heterocycles. The van der Waals surface area contributed by atoms with Crippen LogP contribution in [-0.4, -0.2) is 24.6 Å². The molecule has 0 unspecified atom stereocenters. The van der Waals surface area contributed by atoms with Crippen LogP contribution in [0.5, 0.6) is 0 Å². The Morgan fingerprint density at radius 3 is 2.94 bits per heavy atom. The number of aryl methyl sites for hydroxylation is 1. The van der Waals surface area contributed by atoms with E-state index in [9.17, 15) is 9.59 Å². The summed E-state index contributed by atoms with van der Waals surface area (Å²) >= 11 is 3.91. The van der Waals surface area contributed by atoms with E-state index in [1.807, 2.05) is 12.1 Å². The summed E-state index contributed by atoms with van der Waals surface area (Å²) in [6.45, 7) is 0.504. The van der Waals surface area contributed by atoms with Crippen molar-refractivity contribution in [1.82, 2.24) is 5.32 Å². The van der Waals surface area contributed by atoms with Crippen LogP contribution in [0.15, 0.2) is 18.2 Å². The number of rotatable bonds is 3. The van der Waals surface area contributed by atoms with Crippen LogP contribution < -0.4 is 10.2 Å². The Hall–Kier alpha value is -1.49. The van der Waals surface area contributed by atoms with Gasteiger partial charge in [0.1, 0.15) is 0 Å². The highest BCUT2D eigenvalue weighted by molar-refractivity contribution is 7.81. The summed E-state index contributed by atoms with van der Waals surface area (Å²) in [7, 11) is 1.79. The first-order valence-corrected chi connectivity index (χ1v) is 6.51. The molecule has 0 aromatic heterocycles. The summed E-state index contributed by atoms with van der Waals surface area (Å²) in [5, 5.41) is 2.78. The van der Waals surface area contributed by atoms with Crippen molar-refractivity contribution in [3.63, 3.8) is 0 Å². The predicted molar refractivity (Wildman–Crippen MR) is 73.9 cm³/mol. The van der Waals surface area contributed by atoms with E-state index in [0.717, 1.165) is 23.2 Å². The first-order valence-electron chi connectivity index (χ1n) is 5.87. The lowest BCUT2D eigenvalue weighted by Gasteiger charge is -2.26. The van der Waals surface area contributed by atoms with Crippen molar-refractivity contribution in [2.75, 3.05) is 17.7 Å². The van der Waals surface area contributed by atoms with Crippen molar-refractivity contribution in [3.05, 3.63) is 29.3 Å². The molecule has 1 N–H and O–H groups in total. The van der Waals surface area contributed by atoms with Crippen LogP contribution in [0.2, 0.25) is 0 Å². The molecular formula is C13H16N2O2S. The van der Waals surface area contributed by atoms with Crippen molar-refractivity contribution in [2.45, 2.75) is 19.4 Å². The second kappa shape index (κ2) is 5.44. The zero-order valence-corrected chi connectivity index (χ0v) is 11.2. The molecule has 2 amide bonds. The van der Waals surface area contributed by atoms with Crippen LogP contribution >= 0.6 is 12.6 Å². The Labute approximate surface area is 112 Å². The van der Waals surface area contributed by atoms with E-state index in [-0.39, 0.29) is 17.6 Å².